The highest BCUT2D eigenvalue weighted by Gasteiger charge is 2.27. The Hall–Kier alpha value is -1.43. The lowest BCUT2D eigenvalue weighted by atomic mass is 9.72. The van der Waals surface area contributed by atoms with E-state index in [-0.39, 0.29) is 11.6 Å². The number of carbonyl (C=O) groups excluding carboxylic acids is 1. The molecule has 0 aliphatic heterocycles. The van der Waals surface area contributed by atoms with E-state index in [1.807, 2.05) is 0 Å². The van der Waals surface area contributed by atoms with E-state index in [0.717, 1.165) is 12.8 Å². The first-order valence-corrected chi connectivity index (χ1v) is 8.18. The van der Waals surface area contributed by atoms with Crippen molar-refractivity contribution in [2.75, 3.05) is 0 Å². The summed E-state index contributed by atoms with van der Waals surface area (Å²) < 4.78 is 0. The molecule has 0 saturated heterocycles. The molecule has 21 heavy (non-hydrogen) atoms. The number of nitrogens with zero attached hydrogens (tertiary/aromatic N) is 1. The first-order chi connectivity index (χ1) is 9.85. The van der Waals surface area contributed by atoms with Crippen molar-refractivity contribution in [1.82, 2.24) is 10.3 Å². The monoisotopic (exact) mass is 310 g/mol. The molecule has 6 heteroatoms. The van der Waals surface area contributed by atoms with Crippen molar-refractivity contribution < 1.29 is 14.7 Å². The van der Waals surface area contributed by atoms with E-state index < -0.39 is 5.97 Å². The van der Waals surface area contributed by atoms with Crippen LogP contribution in [0.4, 0.5) is 0 Å². The first-order valence-electron chi connectivity index (χ1n) is 7.30. The van der Waals surface area contributed by atoms with Gasteiger partial charge < -0.3 is 10.4 Å². The van der Waals surface area contributed by atoms with Gasteiger partial charge in [-0.2, -0.15) is 0 Å². The maximum atomic E-state index is 11.9. The third-order valence-electron chi connectivity index (χ3n) is 4.14. The number of rotatable bonds is 5. The fourth-order valence-electron chi connectivity index (χ4n) is 2.66. The average molecular weight is 310 g/mol. The Morgan fingerprint density at radius 1 is 1.43 bits per heavy atom. The summed E-state index contributed by atoms with van der Waals surface area (Å²) in [6.45, 7) is 4.88. The Balaban J connectivity index is 1.73. The van der Waals surface area contributed by atoms with Gasteiger partial charge in [0.2, 0.25) is 5.91 Å². The van der Waals surface area contributed by atoms with E-state index in [4.69, 9.17) is 5.11 Å². The van der Waals surface area contributed by atoms with Gasteiger partial charge in [-0.05, 0) is 37.0 Å². The first kappa shape index (κ1) is 15.9. The van der Waals surface area contributed by atoms with Gasteiger partial charge in [0.1, 0.15) is 5.01 Å². The molecule has 1 fully saturated rings. The van der Waals surface area contributed by atoms with Crippen LogP contribution in [0.3, 0.4) is 0 Å². The van der Waals surface area contributed by atoms with Gasteiger partial charge >= 0.3 is 5.97 Å². The molecule has 1 amide bonds. The molecule has 2 N–H and O–H groups in total. The van der Waals surface area contributed by atoms with Gasteiger partial charge in [-0.1, -0.05) is 13.8 Å². The van der Waals surface area contributed by atoms with E-state index in [1.165, 1.54) is 29.6 Å². The molecule has 0 bridgehead atoms. The van der Waals surface area contributed by atoms with Gasteiger partial charge in [-0.3, -0.25) is 4.79 Å². The number of amides is 1. The molecule has 0 unspecified atom stereocenters. The summed E-state index contributed by atoms with van der Waals surface area (Å²) in [4.78, 5) is 26.6. The zero-order valence-corrected chi connectivity index (χ0v) is 13.3. The number of aromatic carboxylic acids is 1. The van der Waals surface area contributed by atoms with Crippen LogP contribution >= 0.6 is 11.3 Å². The molecule has 116 valence electrons. The molecule has 1 aromatic heterocycles. The Bertz CT molecular complexity index is 515. The van der Waals surface area contributed by atoms with Crippen molar-refractivity contribution in [3.05, 3.63) is 16.1 Å². The predicted octanol–water partition coefficient (Wildman–Crippen LogP) is 3.06. The fraction of sp³-hybridized carbons (Fsp3) is 0.667. The molecule has 0 atom stereocenters. The quantitative estimate of drug-likeness (QED) is 0.876. The van der Waals surface area contributed by atoms with Crippen molar-refractivity contribution in [2.45, 2.75) is 52.5 Å². The van der Waals surface area contributed by atoms with E-state index >= 15 is 0 Å². The Morgan fingerprint density at radius 3 is 2.67 bits per heavy atom. The zero-order chi connectivity index (χ0) is 15.5. The van der Waals surface area contributed by atoms with Crippen LogP contribution in [0.2, 0.25) is 0 Å². The van der Waals surface area contributed by atoms with Crippen molar-refractivity contribution in [3.63, 3.8) is 0 Å². The zero-order valence-electron chi connectivity index (χ0n) is 12.5. The van der Waals surface area contributed by atoms with Crippen molar-refractivity contribution >= 4 is 23.2 Å². The molecular weight excluding hydrogens is 288 g/mol. The van der Waals surface area contributed by atoms with Gasteiger partial charge in [-0.15, -0.1) is 11.3 Å². The highest BCUT2D eigenvalue weighted by Crippen LogP contribution is 2.39. The van der Waals surface area contributed by atoms with Gasteiger partial charge in [0.25, 0.3) is 0 Å². The summed E-state index contributed by atoms with van der Waals surface area (Å²) in [5, 5.41) is 13.7. The molecule has 1 aromatic rings. The summed E-state index contributed by atoms with van der Waals surface area (Å²) in [5.74, 6) is -0.524. The van der Waals surface area contributed by atoms with Gasteiger partial charge in [-0.25, -0.2) is 9.78 Å². The smallest absolute Gasteiger partial charge is 0.355 e. The van der Waals surface area contributed by atoms with E-state index in [9.17, 15) is 9.59 Å². The van der Waals surface area contributed by atoms with Gasteiger partial charge in [0.05, 0.1) is 6.54 Å². The summed E-state index contributed by atoms with van der Waals surface area (Å²) in [6, 6.07) is 0. The minimum absolute atomic E-state index is 0.0341. The highest BCUT2D eigenvalue weighted by atomic mass is 32.1. The maximum absolute atomic E-state index is 11.9. The summed E-state index contributed by atoms with van der Waals surface area (Å²) in [5.41, 5.74) is 0.458. The third-order valence-corrected chi connectivity index (χ3v) is 4.99. The molecular formula is C15H22N2O3S. The van der Waals surface area contributed by atoms with Crippen LogP contribution in [-0.2, 0) is 11.3 Å². The van der Waals surface area contributed by atoms with E-state index in [2.05, 4.69) is 24.1 Å². The number of hydrogen-bond acceptors (Lipinski definition) is 4. The molecule has 5 nitrogen and oxygen atoms in total. The second-order valence-corrected chi connectivity index (χ2v) is 7.46. The van der Waals surface area contributed by atoms with Crippen molar-refractivity contribution in [2.24, 2.45) is 11.3 Å². The highest BCUT2D eigenvalue weighted by molar-refractivity contribution is 7.09. The van der Waals surface area contributed by atoms with Gasteiger partial charge in [0, 0.05) is 11.8 Å². The third kappa shape index (κ3) is 4.81. The predicted molar refractivity (Wildman–Crippen MR) is 81.3 cm³/mol. The van der Waals surface area contributed by atoms with Crippen LogP contribution in [0.25, 0.3) is 0 Å². The molecule has 0 aromatic carbocycles. The van der Waals surface area contributed by atoms with Crippen LogP contribution in [0.5, 0.6) is 0 Å². The lowest BCUT2D eigenvalue weighted by Crippen LogP contribution is -2.28. The Kier molecular flexibility index (Phi) is 4.98. The molecule has 1 aliphatic rings. The van der Waals surface area contributed by atoms with Crippen LogP contribution in [0.1, 0.15) is 61.4 Å². The van der Waals surface area contributed by atoms with Crippen LogP contribution < -0.4 is 5.32 Å². The number of hydrogen-bond donors (Lipinski definition) is 2. The van der Waals surface area contributed by atoms with Crippen molar-refractivity contribution in [3.8, 4) is 0 Å². The lowest BCUT2D eigenvalue weighted by Gasteiger charge is -2.34. The lowest BCUT2D eigenvalue weighted by molar-refractivity contribution is -0.122. The van der Waals surface area contributed by atoms with Crippen LogP contribution in [0.15, 0.2) is 5.38 Å². The normalized spacial score (nSPS) is 18.4. The second-order valence-electron chi connectivity index (χ2n) is 6.52. The maximum Gasteiger partial charge on any atom is 0.355 e. The Morgan fingerprint density at radius 2 is 2.10 bits per heavy atom. The number of aromatic nitrogens is 1. The van der Waals surface area contributed by atoms with Crippen molar-refractivity contribution in [1.29, 1.82) is 0 Å². The molecule has 1 heterocycles. The average Bonchev–Trinajstić information content (AvgIpc) is 2.88. The molecule has 1 saturated carbocycles. The summed E-state index contributed by atoms with van der Waals surface area (Å²) in [7, 11) is 0. The van der Waals surface area contributed by atoms with Gasteiger partial charge in [0.15, 0.2) is 5.69 Å². The molecule has 2 rings (SSSR count). The summed E-state index contributed by atoms with van der Waals surface area (Å²) in [6.07, 6.45) is 5.15. The SMILES string of the molecule is CC1(C)CCC(CC(=O)NCc2nc(C(=O)O)cs2)CC1. The number of carbonyl (C=O) groups is 2. The van der Waals surface area contributed by atoms with E-state index in [0.29, 0.717) is 29.3 Å². The van der Waals surface area contributed by atoms with Crippen LogP contribution in [0, 0.1) is 11.3 Å². The fourth-order valence-corrected chi connectivity index (χ4v) is 3.37. The summed E-state index contributed by atoms with van der Waals surface area (Å²) >= 11 is 1.26. The number of carboxylic acid groups (broad SMARTS) is 1. The standard InChI is InChI=1S/C15H22N2O3S/c1-15(2)5-3-10(4-6-15)7-12(18)16-8-13-17-11(9-21-13)14(19)20/h9-10H,3-8H2,1-2H3,(H,16,18)(H,19,20). The largest absolute Gasteiger partial charge is 0.476 e. The number of thiazole rings is 1. The molecule has 0 spiro atoms. The molecule has 1 aliphatic carbocycles. The second kappa shape index (κ2) is 6.56. The Labute approximate surface area is 128 Å². The molecule has 0 radical (unpaired) electrons. The number of carboxylic acids is 1. The number of nitrogens with one attached hydrogen (secondary N) is 1. The minimum atomic E-state index is -1.03. The van der Waals surface area contributed by atoms with E-state index in [1.54, 1.807) is 0 Å². The van der Waals surface area contributed by atoms with Crippen LogP contribution in [-0.4, -0.2) is 22.0 Å². The minimum Gasteiger partial charge on any atom is -0.476 e. The topological polar surface area (TPSA) is 79.3 Å².